The highest BCUT2D eigenvalue weighted by Gasteiger charge is 2.42. The molecule has 1 fully saturated rings. The van der Waals surface area contributed by atoms with E-state index in [0.29, 0.717) is 6.42 Å². The minimum absolute atomic E-state index is 0.0119. The van der Waals surface area contributed by atoms with Gasteiger partial charge >= 0.3 is 18.2 Å². The molecule has 0 radical (unpaired) electrons. The maximum Gasteiger partial charge on any atom is 0.410 e. The quantitative estimate of drug-likeness (QED) is 0.520. The number of halogens is 3. The van der Waals surface area contributed by atoms with Gasteiger partial charge in [0.05, 0.1) is 13.5 Å². The molecule has 0 saturated carbocycles. The molecule has 160 valence electrons. The molecule has 8 nitrogen and oxygen atoms in total. The highest BCUT2D eigenvalue weighted by molar-refractivity contribution is 5.86. The van der Waals surface area contributed by atoms with Gasteiger partial charge in [-0.25, -0.2) is 10.2 Å². The predicted molar refractivity (Wildman–Crippen MR) is 94.1 cm³/mol. The zero-order valence-electron chi connectivity index (χ0n) is 15.7. The van der Waals surface area contributed by atoms with Crippen LogP contribution in [0.4, 0.5) is 18.0 Å². The summed E-state index contributed by atoms with van der Waals surface area (Å²) in [4.78, 5) is 36.9. The Morgan fingerprint density at radius 2 is 1.93 bits per heavy atom. The van der Waals surface area contributed by atoms with Gasteiger partial charge in [-0.1, -0.05) is 30.3 Å². The molecule has 1 aromatic rings. The third-order valence-electron chi connectivity index (χ3n) is 4.36. The van der Waals surface area contributed by atoms with Crippen LogP contribution in [0, 0.1) is 0 Å². The summed E-state index contributed by atoms with van der Waals surface area (Å²) in [5.41, 5.74) is 4.53. The fraction of sp³-hybridized carbons (Fsp3) is 0.500. The average Bonchev–Trinajstić information content (AvgIpc) is 3.18. The number of benzene rings is 1. The van der Waals surface area contributed by atoms with E-state index < -0.39 is 42.7 Å². The number of carbonyl (C=O) groups is 3. The Morgan fingerprint density at radius 1 is 1.24 bits per heavy atom. The van der Waals surface area contributed by atoms with Gasteiger partial charge in [-0.3, -0.25) is 19.9 Å². The fourth-order valence-corrected chi connectivity index (χ4v) is 2.80. The van der Waals surface area contributed by atoms with Gasteiger partial charge in [0.2, 0.25) is 0 Å². The van der Waals surface area contributed by atoms with E-state index in [1.807, 2.05) is 16.9 Å². The molecule has 1 heterocycles. The van der Waals surface area contributed by atoms with Crippen molar-refractivity contribution in [1.82, 2.24) is 15.8 Å². The zero-order chi connectivity index (χ0) is 21.4. The molecule has 1 aliphatic rings. The van der Waals surface area contributed by atoms with E-state index in [9.17, 15) is 27.6 Å². The average molecular weight is 417 g/mol. The standard InChI is InChI=1S/C18H22F3N3O5/c1-28-15(25)10-14(18(19,20)21)22-23-16(26)13-8-5-9-24(13)17(27)29-11-12-6-3-2-4-7-12/h2-4,6-7,13-14,22H,5,8-11H2,1H3,(H,23,26)/t13-,14+/m0/s1. The van der Waals surface area contributed by atoms with Crippen LogP contribution < -0.4 is 10.9 Å². The maximum atomic E-state index is 13.0. The molecule has 1 aliphatic heterocycles. The zero-order valence-corrected chi connectivity index (χ0v) is 15.7. The third kappa shape index (κ3) is 6.63. The minimum Gasteiger partial charge on any atom is -0.469 e. The number of likely N-dealkylation sites (tertiary alicyclic amines) is 1. The lowest BCUT2D eigenvalue weighted by Gasteiger charge is -2.25. The molecule has 0 aliphatic carbocycles. The topological polar surface area (TPSA) is 97.0 Å². The van der Waals surface area contributed by atoms with E-state index in [1.54, 1.807) is 24.3 Å². The number of esters is 1. The van der Waals surface area contributed by atoms with Crippen LogP contribution in [-0.2, 0) is 25.7 Å². The van der Waals surface area contributed by atoms with E-state index >= 15 is 0 Å². The minimum atomic E-state index is -4.79. The molecule has 11 heteroatoms. The molecular weight excluding hydrogens is 395 g/mol. The molecule has 2 amide bonds. The van der Waals surface area contributed by atoms with E-state index in [-0.39, 0.29) is 19.6 Å². The number of ether oxygens (including phenoxy) is 2. The Morgan fingerprint density at radius 3 is 2.55 bits per heavy atom. The first kappa shape index (κ1) is 22.5. The van der Waals surface area contributed by atoms with Crippen molar-refractivity contribution in [3.63, 3.8) is 0 Å². The molecule has 0 aromatic heterocycles. The Balaban J connectivity index is 1.91. The highest BCUT2D eigenvalue weighted by Crippen LogP contribution is 2.23. The number of hydrogen-bond donors (Lipinski definition) is 2. The number of hydrazine groups is 1. The first-order chi connectivity index (χ1) is 13.7. The third-order valence-corrected chi connectivity index (χ3v) is 4.36. The van der Waals surface area contributed by atoms with Crippen molar-refractivity contribution in [2.24, 2.45) is 0 Å². The summed E-state index contributed by atoms with van der Waals surface area (Å²) in [7, 11) is 0.964. The molecule has 0 bridgehead atoms. The van der Waals surface area contributed by atoms with Crippen LogP contribution in [-0.4, -0.2) is 54.8 Å². The van der Waals surface area contributed by atoms with Crippen molar-refractivity contribution >= 4 is 18.0 Å². The van der Waals surface area contributed by atoms with Crippen molar-refractivity contribution in [3.05, 3.63) is 35.9 Å². The van der Waals surface area contributed by atoms with Gasteiger partial charge in [-0.15, -0.1) is 0 Å². The number of hydrogen-bond acceptors (Lipinski definition) is 6. The predicted octanol–water partition coefficient (Wildman–Crippen LogP) is 1.90. The summed E-state index contributed by atoms with van der Waals surface area (Å²) >= 11 is 0. The van der Waals surface area contributed by atoms with Crippen molar-refractivity contribution in [3.8, 4) is 0 Å². The molecule has 0 unspecified atom stereocenters. The summed E-state index contributed by atoms with van der Waals surface area (Å²) in [5, 5.41) is 0. The largest absolute Gasteiger partial charge is 0.469 e. The second-order valence-corrected chi connectivity index (χ2v) is 6.40. The van der Waals surface area contributed by atoms with Crippen LogP contribution >= 0.6 is 0 Å². The van der Waals surface area contributed by atoms with Gasteiger partial charge in [0.15, 0.2) is 0 Å². The Hall–Kier alpha value is -2.82. The van der Waals surface area contributed by atoms with Gasteiger partial charge in [-0.2, -0.15) is 13.2 Å². The Labute approximate surface area is 165 Å². The van der Waals surface area contributed by atoms with Crippen molar-refractivity contribution in [1.29, 1.82) is 0 Å². The van der Waals surface area contributed by atoms with Crippen molar-refractivity contribution < 1.29 is 37.0 Å². The number of rotatable bonds is 7. The van der Waals surface area contributed by atoms with Crippen LogP contribution in [0.1, 0.15) is 24.8 Å². The lowest BCUT2D eigenvalue weighted by atomic mass is 10.2. The van der Waals surface area contributed by atoms with Crippen LogP contribution in [0.25, 0.3) is 0 Å². The molecule has 2 N–H and O–H groups in total. The lowest BCUT2D eigenvalue weighted by Crippen LogP contribution is -2.56. The number of nitrogens with one attached hydrogen (secondary N) is 2. The SMILES string of the molecule is COC(=O)C[C@@H](NNC(=O)[C@@H]1CCCN1C(=O)OCc1ccccc1)C(F)(F)F. The number of carbonyl (C=O) groups excluding carboxylic acids is 3. The molecular formula is C18H22F3N3O5. The number of methoxy groups -OCH3 is 1. The normalized spacial score (nSPS) is 17.5. The van der Waals surface area contributed by atoms with Gasteiger partial charge in [-0.05, 0) is 18.4 Å². The summed E-state index contributed by atoms with van der Waals surface area (Å²) in [5.74, 6) is -1.90. The summed E-state index contributed by atoms with van der Waals surface area (Å²) in [6.45, 7) is 0.259. The van der Waals surface area contributed by atoms with Crippen LogP contribution in [0.5, 0.6) is 0 Å². The van der Waals surface area contributed by atoms with Crippen LogP contribution in [0.3, 0.4) is 0 Å². The summed E-state index contributed by atoms with van der Waals surface area (Å²) in [6, 6.07) is 5.62. The summed E-state index contributed by atoms with van der Waals surface area (Å²) < 4.78 is 48.4. The molecule has 1 aromatic carbocycles. The van der Waals surface area contributed by atoms with Gasteiger partial charge in [0.1, 0.15) is 18.7 Å². The Kier molecular flexibility index (Phi) is 7.82. The Bertz CT molecular complexity index is 714. The van der Waals surface area contributed by atoms with E-state index in [0.717, 1.165) is 12.7 Å². The second kappa shape index (κ2) is 10.1. The second-order valence-electron chi connectivity index (χ2n) is 6.40. The lowest BCUT2D eigenvalue weighted by molar-refractivity contribution is -0.171. The van der Waals surface area contributed by atoms with Crippen molar-refractivity contribution in [2.75, 3.05) is 13.7 Å². The van der Waals surface area contributed by atoms with Gasteiger partial charge < -0.3 is 9.47 Å². The maximum absolute atomic E-state index is 13.0. The fourth-order valence-electron chi connectivity index (χ4n) is 2.80. The van der Waals surface area contributed by atoms with Gasteiger partial charge in [0.25, 0.3) is 5.91 Å². The first-order valence-electron chi connectivity index (χ1n) is 8.88. The molecule has 2 rings (SSSR count). The monoisotopic (exact) mass is 417 g/mol. The van der Waals surface area contributed by atoms with Crippen molar-refractivity contribution in [2.45, 2.75) is 44.1 Å². The molecule has 2 atom stereocenters. The number of amides is 2. The highest BCUT2D eigenvalue weighted by atomic mass is 19.4. The van der Waals surface area contributed by atoms with E-state index in [4.69, 9.17) is 4.74 Å². The van der Waals surface area contributed by atoms with E-state index in [2.05, 4.69) is 4.74 Å². The van der Waals surface area contributed by atoms with E-state index in [1.165, 1.54) is 4.90 Å². The van der Waals surface area contributed by atoms with Crippen LogP contribution in [0.2, 0.25) is 0 Å². The number of nitrogens with zero attached hydrogens (tertiary/aromatic N) is 1. The first-order valence-corrected chi connectivity index (χ1v) is 8.88. The molecule has 0 spiro atoms. The summed E-state index contributed by atoms with van der Waals surface area (Å²) in [6.07, 6.45) is -5.74. The van der Waals surface area contributed by atoms with Crippen LogP contribution in [0.15, 0.2) is 30.3 Å². The number of alkyl halides is 3. The smallest absolute Gasteiger partial charge is 0.410 e. The molecule has 29 heavy (non-hydrogen) atoms. The van der Waals surface area contributed by atoms with Gasteiger partial charge in [0, 0.05) is 6.54 Å². The molecule has 1 saturated heterocycles.